The van der Waals surface area contributed by atoms with E-state index in [1.54, 1.807) is 23.0 Å². The van der Waals surface area contributed by atoms with E-state index in [1.807, 2.05) is 13.8 Å². The molecule has 1 N–H and O–H groups in total. The van der Waals surface area contributed by atoms with Crippen molar-refractivity contribution < 1.29 is 9.18 Å². The summed E-state index contributed by atoms with van der Waals surface area (Å²) in [5.74, 6) is 0.231. The molecule has 0 radical (unpaired) electrons. The van der Waals surface area contributed by atoms with Crippen molar-refractivity contribution in [3.63, 3.8) is 0 Å². The van der Waals surface area contributed by atoms with E-state index in [0.29, 0.717) is 17.9 Å². The maximum atomic E-state index is 13.1. The highest BCUT2D eigenvalue weighted by Crippen LogP contribution is 2.17. The van der Waals surface area contributed by atoms with Gasteiger partial charge in [0, 0.05) is 6.04 Å². The van der Waals surface area contributed by atoms with Crippen molar-refractivity contribution in [2.45, 2.75) is 53.0 Å². The Morgan fingerprint density at radius 1 is 1.21 bits per heavy atom. The zero-order chi connectivity index (χ0) is 17.7. The third kappa shape index (κ3) is 4.43. The van der Waals surface area contributed by atoms with Crippen LogP contribution in [0.15, 0.2) is 30.5 Å². The van der Waals surface area contributed by atoms with Crippen molar-refractivity contribution in [2.75, 3.05) is 0 Å². The molecule has 2 rings (SSSR count). The molecule has 0 aliphatic carbocycles. The number of halogens is 1. The van der Waals surface area contributed by atoms with Gasteiger partial charge in [0.2, 0.25) is 0 Å². The van der Waals surface area contributed by atoms with Gasteiger partial charge < -0.3 is 5.32 Å². The van der Waals surface area contributed by atoms with E-state index in [4.69, 9.17) is 0 Å². The zero-order valence-corrected chi connectivity index (χ0v) is 14.8. The Labute approximate surface area is 143 Å². The van der Waals surface area contributed by atoms with Gasteiger partial charge in [0.1, 0.15) is 5.82 Å². The van der Waals surface area contributed by atoms with Crippen LogP contribution in [0.25, 0.3) is 5.69 Å². The Balaban J connectivity index is 2.16. The minimum atomic E-state index is -0.291. The molecular formula is C19H26FN3O. The molecular weight excluding hydrogens is 305 g/mol. The zero-order valence-electron chi connectivity index (χ0n) is 14.8. The van der Waals surface area contributed by atoms with Crippen LogP contribution in [0.4, 0.5) is 4.39 Å². The quantitative estimate of drug-likeness (QED) is 0.829. The summed E-state index contributed by atoms with van der Waals surface area (Å²) in [7, 11) is 0. The highest BCUT2D eigenvalue weighted by atomic mass is 19.1. The van der Waals surface area contributed by atoms with Crippen molar-refractivity contribution in [2.24, 2.45) is 5.92 Å². The molecule has 0 unspecified atom stereocenters. The summed E-state index contributed by atoms with van der Waals surface area (Å²) in [6.07, 6.45) is 4.29. The molecule has 24 heavy (non-hydrogen) atoms. The normalized spacial score (nSPS) is 12.4. The summed E-state index contributed by atoms with van der Waals surface area (Å²) < 4.78 is 14.8. The molecule has 0 spiro atoms. The van der Waals surface area contributed by atoms with Gasteiger partial charge >= 0.3 is 0 Å². The molecule has 2 aromatic rings. The average Bonchev–Trinajstić information content (AvgIpc) is 2.97. The average molecular weight is 331 g/mol. The van der Waals surface area contributed by atoms with Crippen LogP contribution < -0.4 is 5.32 Å². The largest absolute Gasteiger partial charge is 0.349 e. The molecule has 5 heteroatoms. The second kappa shape index (κ2) is 8.08. The molecule has 1 heterocycles. The summed E-state index contributed by atoms with van der Waals surface area (Å²) in [5.41, 5.74) is 2.16. The number of carbonyl (C=O) groups excluding carboxylic acids is 1. The number of rotatable bonds is 7. The lowest BCUT2D eigenvalue weighted by atomic mass is 10.0. The predicted molar refractivity (Wildman–Crippen MR) is 93.9 cm³/mol. The minimum absolute atomic E-state index is 0.100. The topological polar surface area (TPSA) is 46.9 Å². The van der Waals surface area contributed by atoms with E-state index in [1.165, 1.54) is 12.1 Å². The Bertz CT molecular complexity index is 676. The highest BCUT2D eigenvalue weighted by molar-refractivity contribution is 5.95. The van der Waals surface area contributed by atoms with Crippen LogP contribution in [0.5, 0.6) is 0 Å². The molecule has 0 saturated heterocycles. The van der Waals surface area contributed by atoms with Gasteiger partial charge in [-0.15, -0.1) is 0 Å². The fraction of sp³-hybridized carbons (Fsp3) is 0.474. The molecule has 0 aliphatic rings. The molecule has 0 aliphatic heterocycles. The van der Waals surface area contributed by atoms with Crippen LogP contribution in [0, 0.1) is 11.7 Å². The van der Waals surface area contributed by atoms with Gasteiger partial charge in [-0.2, -0.15) is 5.10 Å². The number of benzene rings is 1. The minimum Gasteiger partial charge on any atom is -0.349 e. The van der Waals surface area contributed by atoms with Crippen LogP contribution in [0.1, 0.15) is 56.6 Å². The van der Waals surface area contributed by atoms with Crippen LogP contribution in [-0.2, 0) is 6.42 Å². The van der Waals surface area contributed by atoms with Crippen LogP contribution >= 0.6 is 0 Å². The molecule has 1 amide bonds. The van der Waals surface area contributed by atoms with Crippen molar-refractivity contribution in [1.82, 2.24) is 15.1 Å². The highest BCUT2D eigenvalue weighted by Gasteiger charge is 2.18. The number of amides is 1. The first kappa shape index (κ1) is 18.2. The monoisotopic (exact) mass is 331 g/mol. The Morgan fingerprint density at radius 3 is 2.46 bits per heavy atom. The molecule has 0 bridgehead atoms. The van der Waals surface area contributed by atoms with Gasteiger partial charge in [-0.1, -0.05) is 20.8 Å². The molecule has 0 saturated carbocycles. The number of nitrogens with one attached hydrogen (secondary N) is 1. The third-order valence-corrected chi connectivity index (χ3v) is 4.07. The molecule has 1 aromatic heterocycles. The SMILES string of the molecule is CCc1c(C(=O)N[C@H](C)CCC(C)C)cnn1-c1ccc(F)cc1. The van der Waals surface area contributed by atoms with Gasteiger partial charge in [-0.25, -0.2) is 9.07 Å². The molecule has 130 valence electrons. The molecule has 1 atom stereocenters. The second-order valence-electron chi connectivity index (χ2n) is 6.59. The molecule has 1 aromatic carbocycles. The number of hydrogen-bond acceptors (Lipinski definition) is 2. The standard InChI is InChI=1S/C19H26FN3O/c1-5-18-17(19(24)22-14(4)7-6-13(2)3)12-21-23(18)16-10-8-15(20)9-11-16/h8-14H,5-7H2,1-4H3,(H,22,24)/t14-/m1/s1. The van der Waals surface area contributed by atoms with E-state index in [-0.39, 0.29) is 17.8 Å². The first-order valence-electron chi connectivity index (χ1n) is 8.56. The first-order chi connectivity index (χ1) is 11.4. The van der Waals surface area contributed by atoms with Crippen molar-refractivity contribution in [1.29, 1.82) is 0 Å². The van der Waals surface area contributed by atoms with Gasteiger partial charge in [-0.3, -0.25) is 4.79 Å². The van der Waals surface area contributed by atoms with Gasteiger partial charge in [0.15, 0.2) is 0 Å². The Hall–Kier alpha value is -2.17. The second-order valence-corrected chi connectivity index (χ2v) is 6.59. The van der Waals surface area contributed by atoms with E-state index in [0.717, 1.165) is 24.2 Å². The summed E-state index contributed by atoms with van der Waals surface area (Å²) in [6, 6.07) is 6.23. The van der Waals surface area contributed by atoms with Crippen molar-refractivity contribution in [3.8, 4) is 5.69 Å². The Kier molecular flexibility index (Phi) is 6.12. The lowest BCUT2D eigenvalue weighted by Gasteiger charge is -2.15. The molecule has 0 fully saturated rings. The van der Waals surface area contributed by atoms with Gasteiger partial charge in [-0.05, 0) is 56.4 Å². The van der Waals surface area contributed by atoms with E-state index < -0.39 is 0 Å². The smallest absolute Gasteiger partial charge is 0.254 e. The molecule has 4 nitrogen and oxygen atoms in total. The number of aromatic nitrogens is 2. The summed E-state index contributed by atoms with van der Waals surface area (Å²) >= 11 is 0. The fourth-order valence-corrected chi connectivity index (χ4v) is 2.67. The maximum absolute atomic E-state index is 13.1. The lowest BCUT2D eigenvalue weighted by Crippen LogP contribution is -2.33. The number of carbonyl (C=O) groups is 1. The fourth-order valence-electron chi connectivity index (χ4n) is 2.67. The van der Waals surface area contributed by atoms with Crippen molar-refractivity contribution >= 4 is 5.91 Å². The van der Waals surface area contributed by atoms with Gasteiger partial charge in [0.25, 0.3) is 5.91 Å². The van der Waals surface area contributed by atoms with E-state index in [9.17, 15) is 9.18 Å². The van der Waals surface area contributed by atoms with E-state index >= 15 is 0 Å². The number of nitrogens with zero attached hydrogens (tertiary/aromatic N) is 2. The van der Waals surface area contributed by atoms with E-state index in [2.05, 4.69) is 24.3 Å². The van der Waals surface area contributed by atoms with Crippen LogP contribution in [0.3, 0.4) is 0 Å². The summed E-state index contributed by atoms with van der Waals surface area (Å²) in [6.45, 7) is 8.36. The third-order valence-electron chi connectivity index (χ3n) is 4.07. The lowest BCUT2D eigenvalue weighted by molar-refractivity contribution is 0.0936. The Morgan fingerprint density at radius 2 is 1.88 bits per heavy atom. The van der Waals surface area contributed by atoms with Crippen molar-refractivity contribution in [3.05, 3.63) is 47.5 Å². The summed E-state index contributed by atoms with van der Waals surface area (Å²) in [5, 5.41) is 7.37. The predicted octanol–water partition coefficient (Wildman–Crippen LogP) is 4.13. The first-order valence-corrected chi connectivity index (χ1v) is 8.56. The van der Waals surface area contributed by atoms with Crippen LogP contribution in [0.2, 0.25) is 0 Å². The summed E-state index contributed by atoms with van der Waals surface area (Å²) in [4.78, 5) is 12.6. The van der Waals surface area contributed by atoms with Crippen LogP contribution in [-0.4, -0.2) is 21.7 Å². The maximum Gasteiger partial charge on any atom is 0.254 e. The number of hydrogen-bond donors (Lipinski definition) is 1. The van der Waals surface area contributed by atoms with Gasteiger partial charge in [0.05, 0.1) is 23.1 Å².